The van der Waals surface area contributed by atoms with Crippen molar-refractivity contribution < 1.29 is 23.8 Å². The van der Waals surface area contributed by atoms with Crippen molar-refractivity contribution >= 4 is 11.9 Å². The number of carbonyl (C=O) groups is 2. The molecule has 0 amide bonds. The third kappa shape index (κ3) is 3.23. The maximum absolute atomic E-state index is 11.4. The number of hydrogen-bond donors (Lipinski definition) is 0. The first-order valence-electron chi connectivity index (χ1n) is 5.36. The molecule has 0 aliphatic carbocycles. The van der Waals surface area contributed by atoms with Crippen LogP contribution in [0.25, 0.3) is 0 Å². The molecular formula is C13H16O5. The molecule has 1 rings (SSSR count). The van der Waals surface area contributed by atoms with E-state index in [0.29, 0.717) is 11.3 Å². The van der Waals surface area contributed by atoms with Gasteiger partial charge in [-0.3, -0.25) is 0 Å². The van der Waals surface area contributed by atoms with Gasteiger partial charge in [-0.25, -0.2) is 9.59 Å². The highest BCUT2D eigenvalue weighted by Gasteiger charge is 2.31. The highest BCUT2D eigenvalue weighted by molar-refractivity contribution is 5.89. The largest absolute Gasteiger partial charge is 0.476 e. The monoisotopic (exact) mass is 252 g/mol. The normalized spacial score (nSPS) is 10.7. The Morgan fingerprint density at radius 2 is 1.56 bits per heavy atom. The molecule has 1 aromatic rings. The van der Waals surface area contributed by atoms with Gasteiger partial charge >= 0.3 is 11.9 Å². The van der Waals surface area contributed by atoms with Crippen LogP contribution in [0.3, 0.4) is 0 Å². The first kappa shape index (κ1) is 14.0. The van der Waals surface area contributed by atoms with Gasteiger partial charge in [-0.15, -0.1) is 0 Å². The topological polar surface area (TPSA) is 61.8 Å². The van der Waals surface area contributed by atoms with Crippen molar-refractivity contribution in [2.24, 2.45) is 0 Å². The van der Waals surface area contributed by atoms with Crippen LogP contribution in [-0.4, -0.2) is 31.8 Å². The molecule has 98 valence electrons. The molecule has 0 aliphatic heterocycles. The van der Waals surface area contributed by atoms with E-state index in [1.54, 1.807) is 38.1 Å². The Bertz CT molecular complexity index is 433. The summed E-state index contributed by atoms with van der Waals surface area (Å²) in [5, 5.41) is 0. The van der Waals surface area contributed by atoms with Crippen LogP contribution in [0.5, 0.6) is 5.75 Å². The summed E-state index contributed by atoms with van der Waals surface area (Å²) in [6, 6.07) is 6.32. The van der Waals surface area contributed by atoms with Gasteiger partial charge in [-0.05, 0) is 38.1 Å². The van der Waals surface area contributed by atoms with E-state index in [4.69, 9.17) is 4.74 Å². The van der Waals surface area contributed by atoms with Crippen molar-refractivity contribution in [3.8, 4) is 5.75 Å². The molecule has 0 aliphatic rings. The molecular weight excluding hydrogens is 236 g/mol. The molecule has 0 heterocycles. The first-order chi connectivity index (χ1) is 8.40. The molecule has 0 saturated carbocycles. The van der Waals surface area contributed by atoms with Crippen molar-refractivity contribution in [1.82, 2.24) is 0 Å². The summed E-state index contributed by atoms with van der Waals surface area (Å²) in [6.45, 7) is 3.21. The lowest BCUT2D eigenvalue weighted by Gasteiger charge is -2.23. The van der Waals surface area contributed by atoms with Crippen molar-refractivity contribution in [1.29, 1.82) is 0 Å². The van der Waals surface area contributed by atoms with E-state index in [1.165, 1.54) is 14.2 Å². The van der Waals surface area contributed by atoms with Crippen LogP contribution in [-0.2, 0) is 14.3 Å². The van der Waals surface area contributed by atoms with E-state index in [2.05, 4.69) is 9.47 Å². The van der Waals surface area contributed by atoms with E-state index in [1.807, 2.05) is 0 Å². The maximum Gasteiger partial charge on any atom is 0.349 e. The average molecular weight is 252 g/mol. The summed E-state index contributed by atoms with van der Waals surface area (Å²) in [5.74, 6) is -0.425. The second kappa shape index (κ2) is 5.53. The zero-order valence-electron chi connectivity index (χ0n) is 10.9. The quantitative estimate of drug-likeness (QED) is 0.765. The van der Waals surface area contributed by atoms with Gasteiger partial charge in [0.1, 0.15) is 5.75 Å². The van der Waals surface area contributed by atoms with Crippen molar-refractivity contribution in [3.05, 3.63) is 29.8 Å². The molecule has 0 spiro atoms. The predicted molar refractivity (Wildman–Crippen MR) is 64.5 cm³/mol. The van der Waals surface area contributed by atoms with Crippen LogP contribution >= 0.6 is 0 Å². The second-order valence-corrected chi connectivity index (χ2v) is 4.12. The van der Waals surface area contributed by atoms with Crippen LogP contribution < -0.4 is 4.74 Å². The lowest BCUT2D eigenvalue weighted by Crippen LogP contribution is -2.39. The number of carbonyl (C=O) groups excluding carboxylic acids is 2. The Kier molecular flexibility index (Phi) is 4.31. The number of hydrogen-bond acceptors (Lipinski definition) is 5. The number of esters is 2. The van der Waals surface area contributed by atoms with Crippen LogP contribution in [0.1, 0.15) is 24.2 Å². The fraction of sp³-hybridized carbons (Fsp3) is 0.385. The van der Waals surface area contributed by atoms with Gasteiger partial charge in [0.05, 0.1) is 19.8 Å². The molecule has 0 aromatic heterocycles. The Morgan fingerprint density at radius 3 is 2.00 bits per heavy atom. The van der Waals surface area contributed by atoms with E-state index in [9.17, 15) is 9.59 Å². The van der Waals surface area contributed by atoms with Gasteiger partial charge in [-0.2, -0.15) is 0 Å². The molecule has 0 N–H and O–H groups in total. The fourth-order valence-electron chi connectivity index (χ4n) is 1.36. The van der Waals surface area contributed by atoms with Gasteiger partial charge in [0.2, 0.25) is 0 Å². The number of rotatable bonds is 4. The molecule has 5 heteroatoms. The van der Waals surface area contributed by atoms with Gasteiger partial charge in [-0.1, -0.05) is 0 Å². The van der Waals surface area contributed by atoms with Crippen LogP contribution in [0.4, 0.5) is 0 Å². The Morgan fingerprint density at radius 1 is 1.00 bits per heavy atom. The van der Waals surface area contributed by atoms with E-state index in [-0.39, 0.29) is 0 Å². The summed E-state index contributed by atoms with van der Waals surface area (Å²) < 4.78 is 14.7. The first-order valence-corrected chi connectivity index (χ1v) is 5.36. The highest BCUT2D eigenvalue weighted by Crippen LogP contribution is 2.20. The predicted octanol–water partition coefficient (Wildman–Crippen LogP) is 1.80. The smallest absolute Gasteiger partial charge is 0.349 e. The van der Waals surface area contributed by atoms with Crippen LogP contribution in [0, 0.1) is 0 Å². The molecule has 0 radical (unpaired) electrons. The molecule has 0 unspecified atom stereocenters. The second-order valence-electron chi connectivity index (χ2n) is 4.12. The number of benzene rings is 1. The molecule has 0 bridgehead atoms. The van der Waals surface area contributed by atoms with Crippen LogP contribution in [0.2, 0.25) is 0 Å². The van der Waals surface area contributed by atoms with Gasteiger partial charge in [0, 0.05) is 0 Å². The minimum Gasteiger partial charge on any atom is -0.476 e. The molecule has 18 heavy (non-hydrogen) atoms. The third-order valence-corrected chi connectivity index (χ3v) is 2.33. The molecule has 5 nitrogen and oxygen atoms in total. The molecule has 0 atom stereocenters. The Labute approximate surface area is 106 Å². The molecule has 0 saturated heterocycles. The fourth-order valence-corrected chi connectivity index (χ4v) is 1.36. The maximum atomic E-state index is 11.4. The van der Waals surface area contributed by atoms with Crippen molar-refractivity contribution in [2.45, 2.75) is 19.4 Å². The van der Waals surface area contributed by atoms with Crippen molar-refractivity contribution in [2.75, 3.05) is 14.2 Å². The zero-order valence-corrected chi connectivity index (χ0v) is 10.9. The number of ether oxygens (including phenoxy) is 3. The van der Waals surface area contributed by atoms with Crippen LogP contribution in [0.15, 0.2) is 24.3 Å². The van der Waals surface area contributed by atoms with Gasteiger partial charge < -0.3 is 14.2 Å². The summed E-state index contributed by atoms with van der Waals surface area (Å²) >= 11 is 0. The summed E-state index contributed by atoms with van der Waals surface area (Å²) in [5.41, 5.74) is -0.664. The van der Waals surface area contributed by atoms with Crippen molar-refractivity contribution in [3.63, 3.8) is 0 Å². The van der Waals surface area contributed by atoms with E-state index in [0.717, 1.165) is 0 Å². The summed E-state index contributed by atoms with van der Waals surface area (Å²) in [6.07, 6.45) is 0. The number of methoxy groups -OCH3 is 2. The van der Waals surface area contributed by atoms with E-state index < -0.39 is 17.5 Å². The summed E-state index contributed by atoms with van der Waals surface area (Å²) in [7, 11) is 2.61. The molecule has 1 aromatic carbocycles. The summed E-state index contributed by atoms with van der Waals surface area (Å²) in [4.78, 5) is 22.7. The van der Waals surface area contributed by atoms with Gasteiger partial charge in [0.15, 0.2) is 5.60 Å². The minimum atomic E-state index is -1.08. The lowest BCUT2D eigenvalue weighted by molar-refractivity contribution is -0.156. The average Bonchev–Trinajstić information content (AvgIpc) is 2.37. The SMILES string of the molecule is COC(=O)c1ccc(OC(C)(C)C(=O)OC)cc1. The molecule has 0 fully saturated rings. The third-order valence-electron chi connectivity index (χ3n) is 2.33. The lowest BCUT2D eigenvalue weighted by atomic mass is 10.1. The van der Waals surface area contributed by atoms with Gasteiger partial charge in [0.25, 0.3) is 0 Å². The highest BCUT2D eigenvalue weighted by atomic mass is 16.6. The van der Waals surface area contributed by atoms with E-state index >= 15 is 0 Å². The minimum absolute atomic E-state index is 0.417. The zero-order chi connectivity index (χ0) is 13.8. The standard InChI is InChI=1S/C13H16O5/c1-13(2,12(15)17-4)18-10-7-5-9(6-8-10)11(14)16-3/h5-8H,1-4H3. The Balaban J connectivity index is 2.81. The Hall–Kier alpha value is -2.04.